The van der Waals surface area contributed by atoms with E-state index in [9.17, 15) is 5.11 Å². The van der Waals surface area contributed by atoms with E-state index in [1.54, 1.807) is 0 Å². The van der Waals surface area contributed by atoms with Crippen LogP contribution in [0.15, 0.2) is 12.2 Å². The molecule has 20 heavy (non-hydrogen) atoms. The number of hydrogen-bond acceptors (Lipinski definition) is 2. The largest absolute Gasteiger partial charge is 0.389 e. The summed E-state index contributed by atoms with van der Waals surface area (Å²) in [7, 11) is 0. The SMILES string of the molecule is C=C1[C@H]2CC[C@@H]3C[C@@](C)(C4CO4)CC[C@H]3[C@@H]2CC[C@@H]1O. The van der Waals surface area contributed by atoms with Crippen LogP contribution in [0.2, 0.25) is 0 Å². The van der Waals surface area contributed by atoms with E-state index in [4.69, 9.17) is 4.74 Å². The molecule has 4 rings (SSSR count). The third-order valence-corrected chi connectivity index (χ3v) is 7.09. The Morgan fingerprint density at radius 3 is 2.70 bits per heavy atom. The van der Waals surface area contributed by atoms with E-state index < -0.39 is 0 Å². The molecule has 0 aromatic carbocycles. The van der Waals surface area contributed by atoms with E-state index >= 15 is 0 Å². The molecule has 1 aliphatic heterocycles. The monoisotopic (exact) mass is 276 g/mol. The fraction of sp³-hybridized carbons (Fsp3) is 0.889. The van der Waals surface area contributed by atoms with Crippen molar-refractivity contribution in [2.45, 2.75) is 64.1 Å². The van der Waals surface area contributed by atoms with Gasteiger partial charge in [-0.15, -0.1) is 0 Å². The van der Waals surface area contributed by atoms with Crippen LogP contribution in [0.25, 0.3) is 0 Å². The lowest BCUT2D eigenvalue weighted by molar-refractivity contribution is -0.0222. The minimum atomic E-state index is -0.221. The summed E-state index contributed by atoms with van der Waals surface area (Å²) in [6.45, 7) is 7.67. The molecule has 1 unspecified atom stereocenters. The van der Waals surface area contributed by atoms with Gasteiger partial charge in [0.2, 0.25) is 0 Å². The Morgan fingerprint density at radius 1 is 1.15 bits per heavy atom. The summed E-state index contributed by atoms with van der Waals surface area (Å²) in [6, 6.07) is 0. The van der Waals surface area contributed by atoms with E-state index in [1.165, 1.54) is 38.5 Å². The first kappa shape index (κ1) is 13.3. The van der Waals surface area contributed by atoms with Crippen molar-refractivity contribution in [3.8, 4) is 0 Å². The molecule has 1 saturated heterocycles. The minimum Gasteiger partial charge on any atom is -0.389 e. The van der Waals surface area contributed by atoms with Crippen LogP contribution in [0.1, 0.15) is 51.9 Å². The second-order valence-corrected chi connectivity index (χ2v) is 8.16. The van der Waals surface area contributed by atoms with Gasteiger partial charge >= 0.3 is 0 Å². The first-order chi connectivity index (χ1) is 9.58. The molecule has 112 valence electrons. The van der Waals surface area contributed by atoms with Crippen molar-refractivity contribution < 1.29 is 9.84 Å². The first-order valence-electron chi connectivity index (χ1n) is 8.57. The standard InChI is InChI=1S/C18H28O2/c1-11-13-4-3-12-9-18(2,17-10-20-17)8-7-14(12)15(13)5-6-16(11)19/h12-17,19H,1,3-10H2,2H3/t12-,13-,14-,15-,16+,17?,18+/m1/s1. The fourth-order valence-electron chi connectivity index (χ4n) is 5.77. The molecule has 0 bridgehead atoms. The topological polar surface area (TPSA) is 32.8 Å². The van der Waals surface area contributed by atoms with Crippen LogP contribution < -0.4 is 0 Å². The van der Waals surface area contributed by atoms with Gasteiger partial charge in [0.05, 0.1) is 18.8 Å². The van der Waals surface area contributed by atoms with E-state index in [1.807, 2.05) is 0 Å². The van der Waals surface area contributed by atoms with E-state index in [0.717, 1.165) is 36.4 Å². The van der Waals surface area contributed by atoms with Gasteiger partial charge < -0.3 is 9.84 Å². The third kappa shape index (κ3) is 1.99. The lowest BCUT2D eigenvalue weighted by atomic mass is 9.52. The molecule has 3 aliphatic carbocycles. The van der Waals surface area contributed by atoms with Gasteiger partial charge in [0.1, 0.15) is 0 Å². The van der Waals surface area contributed by atoms with Crippen LogP contribution in [0, 0.1) is 29.1 Å². The molecule has 2 nitrogen and oxygen atoms in total. The van der Waals surface area contributed by atoms with Gasteiger partial charge in [-0.3, -0.25) is 0 Å². The summed E-state index contributed by atoms with van der Waals surface area (Å²) in [5.41, 5.74) is 1.61. The Bertz CT molecular complexity index is 414. The lowest BCUT2D eigenvalue weighted by Gasteiger charge is -2.53. The van der Waals surface area contributed by atoms with Crippen molar-refractivity contribution in [2.24, 2.45) is 29.1 Å². The smallest absolute Gasteiger partial charge is 0.0863 e. The highest BCUT2D eigenvalue weighted by Crippen LogP contribution is 2.58. The van der Waals surface area contributed by atoms with Gasteiger partial charge in [-0.25, -0.2) is 0 Å². The van der Waals surface area contributed by atoms with Gasteiger partial charge in [-0.2, -0.15) is 0 Å². The predicted octanol–water partition coefficient (Wildman–Crippen LogP) is 3.54. The second kappa shape index (κ2) is 4.58. The molecular formula is C18H28O2. The summed E-state index contributed by atoms with van der Waals surface area (Å²) in [5, 5.41) is 10.1. The first-order valence-corrected chi connectivity index (χ1v) is 8.57. The predicted molar refractivity (Wildman–Crippen MR) is 79.3 cm³/mol. The average Bonchev–Trinajstić information content (AvgIpc) is 3.27. The molecule has 4 aliphatic rings. The maximum Gasteiger partial charge on any atom is 0.0863 e. The van der Waals surface area contributed by atoms with Crippen molar-refractivity contribution in [3.63, 3.8) is 0 Å². The Morgan fingerprint density at radius 2 is 1.95 bits per heavy atom. The molecule has 7 atom stereocenters. The quantitative estimate of drug-likeness (QED) is 0.587. The Balaban J connectivity index is 1.51. The van der Waals surface area contributed by atoms with Gasteiger partial charge in [0, 0.05) is 0 Å². The summed E-state index contributed by atoms with van der Waals surface area (Å²) in [6.07, 6.45) is 9.23. The highest BCUT2D eigenvalue weighted by atomic mass is 16.6. The maximum absolute atomic E-state index is 10.1. The summed E-state index contributed by atoms with van der Waals surface area (Å²) < 4.78 is 5.62. The fourth-order valence-corrected chi connectivity index (χ4v) is 5.77. The Hall–Kier alpha value is -0.340. The Labute approximate surface area is 122 Å². The lowest BCUT2D eigenvalue weighted by Crippen LogP contribution is -2.46. The van der Waals surface area contributed by atoms with Crippen LogP contribution in [-0.4, -0.2) is 23.9 Å². The van der Waals surface area contributed by atoms with Crippen LogP contribution in [0.3, 0.4) is 0 Å². The highest BCUT2D eigenvalue weighted by Gasteiger charge is 2.52. The number of rotatable bonds is 1. The van der Waals surface area contributed by atoms with Crippen LogP contribution in [0.4, 0.5) is 0 Å². The molecule has 0 amide bonds. The number of hydrogen-bond donors (Lipinski definition) is 1. The zero-order valence-electron chi connectivity index (χ0n) is 12.7. The molecule has 3 saturated carbocycles. The molecule has 1 N–H and O–H groups in total. The van der Waals surface area contributed by atoms with Gasteiger partial charge in [-0.05, 0) is 79.6 Å². The molecule has 0 spiro atoms. The molecule has 1 heterocycles. The zero-order chi connectivity index (χ0) is 13.9. The van der Waals surface area contributed by atoms with Crippen molar-refractivity contribution in [2.75, 3.05) is 6.61 Å². The summed E-state index contributed by atoms with van der Waals surface area (Å²) in [4.78, 5) is 0. The van der Waals surface area contributed by atoms with Gasteiger partial charge in [0.15, 0.2) is 0 Å². The number of aliphatic hydroxyl groups excluding tert-OH is 1. The van der Waals surface area contributed by atoms with Crippen molar-refractivity contribution in [1.82, 2.24) is 0 Å². The van der Waals surface area contributed by atoms with Crippen molar-refractivity contribution >= 4 is 0 Å². The van der Waals surface area contributed by atoms with E-state index in [2.05, 4.69) is 13.5 Å². The molecule has 0 aromatic heterocycles. The molecule has 2 heteroatoms. The molecule has 0 aromatic rings. The van der Waals surface area contributed by atoms with E-state index in [-0.39, 0.29) is 6.10 Å². The van der Waals surface area contributed by atoms with Gasteiger partial charge in [0.25, 0.3) is 0 Å². The minimum absolute atomic E-state index is 0.221. The van der Waals surface area contributed by atoms with Crippen LogP contribution in [0.5, 0.6) is 0 Å². The molecule has 0 radical (unpaired) electrons. The van der Waals surface area contributed by atoms with Gasteiger partial charge in [-0.1, -0.05) is 13.5 Å². The number of aliphatic hydroxyl groups is 1. The zero-order valence-corrected chi connectivity index (χ0v) is 12.7. The van der Waals surface area contributed by atoms with Crippen molar-refractivity contribution in [1.29, 1.82) is 0 Å². The maximum atomic E-state index is 10.1. The number of ether oxygens (including phenoxy) is 1. The normalized spacial score (nSPS) is 55.0. The van der Waals surface area contributed by atoms with Crippen molar-refractivity contribution in [3.05, 3.63) is 12.2 Å². The molecular weight excluding hydrogens is 248 g/mol. The molecule has 4 fully saturated rings. The second-order valence-electron chi connectivity index (χ2n) is 8.16. The highest BCUT2D eigenvalue weighted by molar-refractivity contribution is 5.15. The number of fused-ring (bicyclic) bond motifs is 3. The van der Waals surface area contributed by atoms with E-state index in [0.29, 0.717) is 17.4 Å². The summed E-state index contributed by atoms with van der Waals surface area (Å²) in [5.74, 6) is 3.22. The van der Waals surface area contributed by atoms with Crippen LogP contribution in [-0.2, 0) is 4.74 Å². The van der Waals surface area contributed by atoms with Crippen LogP contribution >= 0.6 is 0 Å². The average molecular weight is 276 g/mol. The summed E-state index contributed by atoms with van der Waals surface area (Å²) >= 11 is 0. The Kier molecular flexibility index (Phi) is 3.05. The number of epoxide rings is 1. The third-order valence-electron chi connectivity index (χ3n) is 7.09.